The minimum atomic E-state index is -3.63. The van der Waals surface area contributed by atoms with Gasteiger partial charge in [0.05, 0.1) is 17.9 Å². The number of carboxylic acid groups (broad SMARTS) is 1. The third-order valence-corrected chi connectivity index (χ3v) is 7.78. The first-order valence-corrected chi connectivity index (χ1v) is 9.57. The molecule has 0 spiro atoms. The van der Waals surface area contributed by atoms with Gasteiger partial charge in [0.1, 0.15) is 9.83 Å². The summed E-state index contributed by atoms with van der Waals surface area (Å²) in [4.78, 5) is 12.0. The fourth-order valence-corrected chi connectivity index (χ4v) is 5.99. The maximum Gasteiger partial charge on any atom is 0.307 e. The van der Waals surface area contributed by atoms with Gasteiger partial charge in [0.15, 0.2) is 9.84 Å². The average Bonchev–Trinajstić information content (AvgIpc) is 2.79. The Kier molecular flexibility index (Phi) is 5.10. The van der Waals surface area contributed by atoms with E-state index < -0.39 is 19.9 Å². The lowest BCUT2D eigenvalue weighted by Crippen LogP contribution is -2.29. The summed E-state index contributed by atoms with van der Waals surface area (Å²) >= 11 is 1.32. The van der Waals surface area contributed by atoms with Crippen molar-refractivity contribution in [2.75, 3.05) is 6.61 Å². The molecule has 0 saturated heterocycles. The highest BCUT2D eigenvalue weighted by Crippen LogP contribution is 2.48. The highest BCUT2D eigenvalue weighted by molar-refractivity contribution is 8.17. The molecule has 7 heteroatoms. The van der Waals surface area contributed by atoms with Gasteiger partial charge in [-0.2, -0.15) is 0 Å². The zero-order valence-corrected chi connectivity index (χ0v) is 15.0. The van der Waals surface area contributed by atoms with Crippen molar-refractivity contribution in [2.24, 2.45) is 0 Å². The molecule has 1 aliphatic rings. The Morgan fingerprint density at radius 1 is 1.39 bits per heavy atom. The number of rotatable bonds is 6. The van der Waals surface area contributed by atoms with E-state index in [1.54, 1.807) is 19.9 Å². The Labute approximate surface area is 140 Å². The van der Waals surface area contributed by atoms with Crippen LogP contribution in [0.5, 0.6) is 5.75 Å². The molecule has 1 aliphatic heterocycles. The van der Waals surface area contributed by atoms with Crippen LogP contribution in [0.2, 0.25) is 0 Å². The Hall–Kier alpha value is -1.47. The molecule has 126 valence electrons. The van der Waals surface area contributed by atoms with Crippen LogP contribution in [0.4, 0.5) is 0 Å². The molecule has 1 atom stereocenters. The van der Waals surface area contributed by atoms with Gasteiger partial charge in [0.2, 0.25) is 0 Å². The fourth-order valence-electron chi connectivity index (χ4n) is 2.48. The number of carbonyl (C=O) groups is 1. The van der Waals surface area contributed by atoms with Gasteiger partial charge in [-0.1, -0.05) is 6.08 Å². The van der Waals surface area contributed by atoms with Gasteiger partial charge < -0.3 is 9.84 Å². The number of allylic oxidation sites excluding steroid dienone is 2. The van der Waals surface area contributed by atoms with E-state index in [-0.39, 0.29) is 11.3 Å². The highest BCUT2D eigenvalue weighted by Gasteiger charge is 2.43. The number of sulfone groups is 1. The molecule has 0 radical (unpaired) electrons. The molecule has 1 N–H and O–H groups in total. The summed E-state index contributed by atoms with van der Waals surface area (Å²) < 4.78 is 30.5. The van der Waals surface area contributed by atoms with E-state index in [0.717, 1.165) is 4.91 Å². The number of benzene rings is 1. The Morgan fingerprint density at radius 2 is 2.09 bits per heavy atom. The molecular weight excluding hydrogens is 336 g/mol. The van der Waals surface area contributed by atoms with Crippen molar-refractivity contribution in [2.45, 2.75) is 42.6 Å². The molecule has 5 nitrogen and oxygen atoms in total. The van der Waals surface area contributed by atoms with Crippen LogP contribution < -0.4 is 4.74 Å². The van der Waals surface area contributed by atoms with Crippen molar-refractivity contribution >= 4 is 27.6 Å². The van der Waals surface area contributed by atoms with Crippen molar-refractivity contribution < 1.29 is 23.1 Å². The van der Waals surface area contributed by atoms with Crippen molar-refractivity contribution in [3.05, 3.63) is 34.7 Å². The van der Waals surface area contributed by atoms with Crippen LogP contribution >= 0.6 is 11.8 Å². The predicted molar refractivity (Wildman–Crippen MR) is 90.5 cm³/mol. The van der Waals surface area contributed by atoms with Gasteiger partial charge in [-0.15, -0.1) is 11.8 Å². The molecule has 1 aromatic carbocycles. The second-order valence-electron chi connectivity index (χ2n) is 5.57. The number of hydrogen-bond acceptors (Lipinski definition) is 5. The molecule has 2 rings (SSSR count). The molecule has 0 bridgehead atoms. The number of aliphatic carboxylic acids is 1. The largest absolute Gasteiger partial charge is 0.494 e. The van der Waals surface area contributed by atoms with Crippen LogP contribution in [0.15, 0.2) is 34.1 Å². The van der Waals surface area contributed by atoms with Gasteiger partial charge in [0, 0.05) is 0 Å². The van der Waals surface area contributed by atoms with Crippen LogP contribution in [0.25, 0.3) is 0 Å². The summed E-state index contributed by atoms with van der Waals surface area (Å²) in [6.07, 6.45) is 2.09. The maximum absolute atomic E-state index is 13.0. The van der Waals surface area contributed by atoms with E-state index in [9.17, 15) is 13.2 Å². The van der Waals surface area contributed by atoms with Crippen molar-refractivity contribution in [3.8, 4) is 5.75 Å². The Balaban J connectivity index is 2.48. The zero-order valence-electron chi connectivity index (χ0n) is 13.3. The van der Waals surface area contributed by atoms with Crippen molar-refractivity contribution in [1.82, 2.24) is 0 Å². The van der Waals surface area contributed by atoms with Gasteiger partial charge in [-0.05, 0) is 55.9 Å². The monoisotopic (exact) mass is 356 g/mol. The van der Waals surface area contributed by atoms with E-state index in [1.165, 1.54) is 23.9 Å². The second-order valence-corrected chi connectivity index (χ2v) is 9.96. The second kappa shape index (κ2) is 6.57. The van der Waals surface area contributed by atoms with Crippen LogP contribution in [0, 0.1) is 0 Å². The Morgan fingerprint density at radius 3 is 2.61 bits per heavy atom. The van der Waals surface area contributed by atoms with Gasteiger partial charge in [-0.25, -0.2) is 8.42 Å². The normalized spacial score (nSPS) is 21.1. The lowest BCUT2D eigenvalue weighted by atomic mass is 10.1. The van der Waals surface area contributed by atoms with Crippen LogP contribution in [-0.2, 0) is 21.1 Å². The van der Waals surface area contributed by atoms with E-state index in [4.69, 9.17) is 9.84 Å². The molecule has 0 saturated carbocycles. The molecular formula is C16H20O5S2. The van der Waals surface area contributed by atoms with Crippen LogP contribution in [-0.4, -0.2) is 30.2 Å². The summed E-state index contributed by atoms with van der Waals surface area (Å²) in [6, 6.07) is 4.49. The first kappa shape index (κ1) is 17.9. The maximum atomic E-state index is 13.0. The summed E-state index contributed by atoms with van der Waals surface area (Å²) in [7, 11) is -3.63. The summed E-state index contributed by atoms with van der Waals surface area (Å²) in [5.41, 5.74) is 0.415. The van der Waals surface area contributed by atoms with Crippen molar-refractivity contribution in [1.29, 1.82) is 0 Å². The topological polar surface area (TPSA) is 80.7 Å². The number of ether oxygens (including phenoxy) is 1. The number of carboxylic acids is 1. The molecule has 1 aromatic rings. The molecule has 1 unspecified atom stereocenters. The number of thioether (sulfide) groups is 1. The SMILES string of the molecule is CCOc1cc(CC(=O)O)cc(S(=O)(=O)C2(C)CC=C(C)S2)c1. The summed E-state index contributed by atoms with van der Waals surface area (Å²) in [6.45, 7) is 5.75. The van der Waals surface area contributed by atoms with Gasteiger partial charge in [0.25, 0.3) is 0 Å². The minimum absolute atomic E-state index is 0.109. The zero-order chi connectivity index (χ0) is 17.3. The molecule has 23 heavy (non-hydrogen) atoms. The van der Waals surface area contributed by atoms with E-state index in [0.29, 0.717) is 24.3 Å². The van der Waals surface area contributed by atoms with Crippen LogP contribution in [0.1, 0.15) is 32.8 Å². The van der Waals surface area contributed by atoms with E-state index >= 15 is 0 Å². The molecule has 0 aliphatic carbocycles. The fraction of sp³-hybridized carbons (Fsp3) is 0.438. The van der Waals surface area contributed by atoms with Gasteiger partial charge >= 0.3 is 5.97 Å². The predicted octanol–water partition coefficient (Wildman–Crippen LogP) is 3.24. The summed E-state index contributed by atoms with van der Waals surface area (Å²) in [5, 5.41) is 8.98. The third kappa shape index (κ3) is 3.72. The first-order valence-electron chi connectivity index (χ1n) is 7.27. The molecule has 0 amide bonds. The summed E-state index contributed by atoms with van der Waals surface area (Å²) in [5.74, 6) is -0.637. The smallest absolute Gasteiger partial charge is 0.307 e. The Bertz CT molecular complexity index is 752. The van der Waals surface area contributed by atoms with Crippen molar-refractivity contribution in [3.63, 3.8) is 0 Å². The molecule has 1 heterocycles. The third-order valence-electron chi connectivity index (χ3n) is 3.62. The van der Waals surface area contributed by atoms with Crippen LogP contribution in [0.3, 0.4) is 0 Å². The van der Waals surface area contributed by atoms with E-state index in [2.05, 4.69) is 0 Å². The lowest BCUT2D eigenvalue weighted by Gasteiger charge is -2.24. The highest BCUT2D eigenvalue weighted by atomic mass is 32.3. The number of hydrogen-bond donors (Lipinski definition) is 1. The van der Waals surface area contributed by atoms with E-state index in [1.807, 2.05) is 13.0 Å². The standard InChI is InChI=1S/C16H20O5S2/c1-4-21-13-7-12(9-15(17)18)8-14(10-13)23(19,20)16(3)6-5-11(2)22-16/h5,7-8,10H,4,6,9H2,1-3H3,(H,17,18). The average molecular weight is 356 g/mol. The molecule has 0 fully saturated rings. The lowest BCUT2D eigenvalue weighted by molar-refractivity contribution is -0.136. The molecule has 0 aromatic heterocycles. The van der Waals surface area contributed by atoms with Gasteiger partial charge in [-0.3, -0.25) is 4.79 Å². The first-order chi connectivity index (χ1) is 10.7. The quantitative estimate of drug-likeness (QED) is 0.843. The minimum Gasteiger partial charge on any atom is -0.494 e.